The summed E-state index contributed by atoms with van der Waals surface area (Å²) in [6, 6.07) is 5.16. The fraction of sp³-hybridized carbons (Fsp3) is 0.455. The predicted molar refractivity (Wildman–Crippen MR) is 69.1 cm³/mol. The van der Waals surface area contributed by atoms with Gasteiger partial charge in [-0.1, -0.05) is 6.07 Å². The molecule has 0 saturated heterocycles. The number of para-hydroxylation sites is 1. The van der Waals surface area contributed by atoms with Crippen LogP contribution in [-0.2, 0) is 0 Å². The van der Waals surface area contributed by atoms with Crippen LogP contribution in [0.4, 0.5) is 17.1 Å². The average Bonchev–Trinajstić information content (AvgIpc) is 2.24. The van der Waals surface area contributed by atoms with E-state index < -0.39 is 4.92 Å². The number of hydrogen-bond donors (Lipinski definition) is 2. The number of anilines is 2. The number of nitrogens with two attached hydrogens (primary N) is 1. The maximum atomic E-state index is 10.9. The molecular weight excluding hydrogens is 220 g/mol. The zero-order valence-electron chi connectivity index (χ0n) is 10.3. The van der Waals surface area contributed by atoms with E-state index >= 15 is 0 Å². The minimum absolute atomic E-state index is 0.0570. The molecule has 0 aliphatic heterocycles. The molecule has 0 aliphatic carbocycles. The van der Waals surface area contributed by atoms with Gasteiger partial charge in [-0.3, -0.25) is 10.1 Å². The molecule has 17 heavy (non-hydrogen) atoms. The Balaban J connectivity index is 2.84. The first kappa shape index (κ1) is 13.2. The van der Waals surface area contributed by atoms with Crippen LogP contribution in [0, 0.1) is 10.1 Å². The molecule has 0 aromatic heterocycles. The van der Waals surface area contributed by atoms with Gasteiger partial charge in [-0.25, -0.2) is 0 Å². The summed E-state index contributed by atoms with van der Waals surface area (Å²) in [5, 5.41) is 13.9. The van der Waals surface area contributed by atoms with Crippen molar-refractivity contribution in [3.63, 3.8) is 0 Å². The van der Waals surface area contributed by atoms with E-state index in [4.69, 9.17) is 5.73 Å². The molecule has 6 nitrogen and oxygen atoms in total. The summed E-state index contributed by atoms with van der Waals surface area (Å²) in [7, 11) is 3.92. The smallest absolute Gasteiger partial charge is 0.314 e. The van der Waals surface area contributed by atoms with Gasteiger partial charge in [-0.05, 0) is 33.2 Å². The zero-order valence-corrected chi connectivity index (χ0v) is 10.3. The third-order valence-corrected chi connectivity index (χ3v) is 2.72. The first-order chi connectivity index (χ1) is 7.93. The van der Waals surface area contributed by atoms with E-state index in [1.807, 2.05) is 25.9 Å². The van der Waals surface area contributed by atoms with Crippen molar-refractivity contribution in [1.82, 2.24) is 4.90 Å². The van der Waals surface area contributed by atoms with Gasteiger partial charge in [0.15, 0.2) is 0 Å². The molecule has 1 aromatic carbocycles. The lowest BCUT2D eigenvalue weighted by atomic mass is 10.2. The maximum Gasteiger partial charge on any atom is 0.314 e. The van der Waals surface area contributed by atoms with Gasteiger partial charge >= 0.3 is 5.69 Å². The number of benzene rings is 1. The predicted octanol–water partition coefficient (Wildman–Crippen LogP) is 1.54. The first-order valence-electron chi connectivity index (χ1n) is 5.36. The van der Waals surface area contributed by atoms with Gasteiger partial charge in [-0.15, -0.1) is 0 Å². The van der Waals surface area contributed by atoms with Crippen LogP contribution in [0.2, 0.25) is 0 Å². The number of nitrogens with zero attached hydrogens (tertiary/aromatic N) is 2. The summed E-state index contributed by atoms with van der Waals surface area (Å²) >= 11 is 0. The Morgan fingerprint density at radius 2 is 2.18 bits per heavy atom. The van der Waals surface area contributed by atoms with Crippen molar-refractivity contribution in [2.75, 3.05) is 31.7 Å². The van der Waals surface area contributed by atoms with Crippen molar-refractivity contribution in [3.8, 4) is 0 Å². The molecule has 1 unspecified atom stereocenters. The zero-order chi connectivity index (χ0) is 13.0. The molecule has 6 heteroatoms. The lowest BCUT2D eigenvalue weighted by Crippen LogP contribution is -2.31. The summed E-state index contributed by atoms with van der Waals surface area (Å²) in [5.41, 5.74) is 6.18. The van der Waals surface area contributed by atoms with Crippen molar-refractivity contribution in [2.45, 2.75) is 13.0 Å². The maximum absolute atomic E-state index is 10.9. The van der Waals surface area contributed by atoms with Crippen LogP contribution in [0.1, 0.15) is 6.92 Å². The molecule has 3 N–H and O–H groups in total. The van der Waals surface area contributed by atoms with Crippen molar-refractivity contribution in [1.29, 1.82) is 0 Å². The van der Waals surface area contributed by atoms with Crippen LogP contribution in [0.25, 0.3) is 0 Å². The molecule has 1 aromatic rings. The highest BCUT2D eigenvalue weighted by molar-refractivity contribution is 5.74. The number of nitrogens with one attached hydrogen (secondary N) is 1. The lowest BCUT2D eigenvalue weighted by molar-refractivity contribution is -0.383. The second-order valence-corrected chi connectivity index (χ2v) is 4.19. The molecule has 0 spiro atoms. The second kappa shape index (κ2) is 5.49. The molecule has 0 heterocycles. The summed E-state index contributed by atoms with van der Waals surface area (Å²) < 4.78 is 0. The highest BCUT2D eigenvalue weighted by atomic mass is 16.6. The highest BCUT2D eigenvalue weighted by Gasteiger charge is 2.17. The lowest BCUT2D eigenvalue weighted by Gasteiger charge is -2.20. The number of likely N-dealkylation sites (N-methyl/N-ethyl adjacent to an activating group) is 1. The Hall–Kier alpha value is -1.82. The number of rotatable bonds is 5. The average molecular weight is 238 g/mol. The van der Waals surface area contributed by atoms with Crippen LogP contribution in [0.5, 0.6) is 0 Å². The van der Waals surface area contributed by atoms with Crippen LogP contribution in [0.15, 0.2) is 18.2 Å². The van der Waals surface area contributed by atoms with Gasteiger partial charge < -0.3 is 16.0 Å². The fourth-order valence-electron chi connectivity index (χ4n) is 1.35. The highest BCUT2D eigenvalue weighted by Crippen LogP contribution is 2.30. The van der Waals surface area contributed by atoms with Crippen LogP contribution in [-0.4, -0.2) is 36.5 Å². The third-order valence-electron chi connectivity index (χ3n) is 2.72. The van der Waals surface area contributed by atoms with E-state index in [2.05, 4.69) is 5.32 Å². The number of nitro benzene ring substituents is 1. The van der Waals surface area contributed by atoms with Gasteiger partial charge in [0.25, 0.3) is 0 Å². The molecule has 0 aliphatic rings. The summed E-state index contributed by atoms with van der Waals surface area (Å²) in [4.78, 5) is 12.5. The molecule has 0 bridgehead atoms. The van der Waals surface area contributed by atoms with Crippen molar-refractivity contribution in [2.24, 2.45) is 0 Å². The molecule has 0 saturated carbocycles. The van der Waals surface area contributed by atoms with Crippen molar-refractivity contribution < 1.29 is 4.92 Å². The van der Waals surface area contributed by atoms with E-state index in [1.54, 1.807) is 12.1 Å². The fourth-order valence-corrected chi connectivity index (χ4v) is 1.35. The summed E-state index contributed by atoms with van der Waals surface area (Å²) in [6.07, 6.45) is 0. The normalized spacial score (nSPS) is 12.5. The largest absolute Gasteiger partial charge is 0.393 e. The van der Waals surface area contributed by atoms with E-state index in [1.165, 1.54) is 6.07 Å². The Morgan fingerprint density at radius 1 is 1.53 bits per heavy atom. The van der Waals surface area contributed by atoms with E-state index in [9.17, 15) is 10.1 Å². The molecule has 0 fully saturated rings. The number of hydrogen-bond acceptors (Lipinski definition) is 5. The van der Waals surface area contributed by atoms with Crippen molar-refractivity contribution in [3.05, 3.63) is 28.3 Å². The minimum Gasteiger partial charge on any atom is -0.393 e. The Morgan fingerprint density at radius 3 is 2.71 bits per heavy atom. The van der Waals surface area contributed by atoms with Gasteiger partial charge in [0.2, 0.25) is 0 Å². The molecule has 0 radical (unpaired) electrons. The first-order valence-corrected chi connectivity index (χ1v) is 5.36. The SMILES string of the molecule is CC(CNc1cccc(N)c1[N+](=O)[O-])N(C)C. The van der Waals surface area contributed by atoms with Crippen molar-refractivity contribution >= 4 is 17.1 Å². The standard InChI is InChI=1S/C11H18N4O2/c1-8(14(2)3)7-13-10-6-4-5-9(12)11(10)15(16)17/h4-6,8,13H,7,12H2,1-3H3. The Labute approximate surface area is 101 Å². The van der Waals surface area contributed by atoms with Gasteiger partial charge in [0.05, 0.1) is 4.92 Å². The van der Waals surface area contributed by atoms with Crippen LogP contribution in [0.3, 0.4) is 0 Å². The summed E-state index contributed by atoms with van der Waals surface area (Å²) in [5.74, 6) is 0. The molecule has 0 amide bonds. The summed E-state index contributed by atoms with van der Waals surface area (Å²) in [6.45, 7) is 2.66. The molecular formula is C11H18N4O2. The second-order valence-electron chi connectivity index (χ2n) is 4.19. The molecule has 1 rings (SSSR count). The number of nitrogen functional groups attached to an aromatic ring is 1. The van der Waals surface area contributed by atoms with Crippen LogP contribution < -0.4 is 11.1 Å². The molecule has 94 valence electrons. The van der Waals surface area contributed by atoms with Crippen LogP contribution >= 0.6 is 0 Å². The van der Waals surface area contributed by atoms with E-state index in [-0.39, 0.29) is 17.4 Å². The Kier molecular flexibility index (Phi) is 4.28. The van der Waals surface area contributed by atoms with E-state index in [0.29, 0.717) is 12.2 Å². The third kappa shape index (κ3) is 3.32. The van der Waals surface area contributed by atoms with Gasteiger partial charge in [0, 0.05) is 12.6 Å². The molecule has 1 atom stereocenters. The van der Waals surface area contributed by atoms with E-state index in [0.717, 1.165) is 0 Å². The van der Waals surface area contributed by atoms with Gasteiger partial charge in [-0.2, -0.15) is 0 Å². The topological polar surface area (TPSA) is 84.4 Å². The Bertz CT molecular complexity index is 406. The monoisotopic (exact) mass is 238 g/mol. The number of nitro groups is 1. The quantitative estimate of drug-likeness (QED) is 0.462. The minimum atomic E-state index is -0.460. The van der Waals surface area contributed by atoms with Gasteiger partial charge in [0.1, 0.15) is 11.4 Å².